The Morgan fingerprint density at radius 1 is 1.30 bits per heavy atom. The van der Waals surface area contributed by atoms with Crippen LogP contribution < -0.4 is 16.2 Å². The average Bonchev–Trinajstić information content (AvgIpc) is 2.96. The quantitative estimate of drug-likeness (QED) is 0.686. The van der Waals surface area contributed by atoms with E-state index in [-0.39, 0.29) is 17.5 Å². The molecule has 1 saturated heterocycles. The van der Waals surface area contributed by atoms with E-state index in [2.05, 4.69) is 40.6 Å². The number of hydrogen-bond acceptors (Lipinski definition) is 6. The molecular weight excluding hydrogens is 344 g/mol. The number of fused-ring (bicyclic) bond motifs is 1. The molecule has 3 N–H and O–H groups in total. The lowest BCUT2D eigenvalue weighted by atomic mass is 9.93. The topological polar surface area (TPSA) is 102 Å². The molecule has 0 saturated carbocycles. The van der Waals surface area contributed by atoms with E-state index in [1.54, 1.807) is 4.57 Å². The third-order valence-electron chi connectivity index (χ3n) is 5.50. The Kier molecular flexibility index (Phi) is 6.36. The maximum atomic E-state index is 12.4. The van der Waals surface area contributed by atoms with Gasteiger partial charge in [0.25, 0.3) is 0 Å². The Hall–Kier alpha value is -2.09. The van der Waals surface area contributed by atoms with Gasteiger partial charge in [0.15, 0.2) is 11.5 Å². The van der Waals surface area contributed by atoms with Crippen LogP contribution >= 0.6 is 0 Å². The lowest BCUT2D eigenvalue weighted by molar-refractivity contribution is 0.143. The Morgan fingerprint density at radius 3 is 2.70 bits per heavy atom. The van der Waals surface area contributed by atoms with Crippen LogP contribution in [0.5, 0.6) is 6.01 Å². The maximum absolute atomic E-state index is 12.4. The van der Waals surface area contributed by atoms with Crippen molar-refractivity contribution in [2.75, 3.05) is 25.4 Å². The number of piperidine rings is 1. The first-order valence-electron chi connectivity index (χ1n) is 10.1. The molecule has 27 heavy (non-hydrogen) atoms. The van der Waals surface area contributed by atoms with Crippen LogP contribution in [0.1, 0.15) is 52.9 Å². The van der Waals surface area contributed by atoms with Gasteiger partial charge < -0.3 is 20.4 Å². The van der Waals surface area contributed by atoms with E-state index in [0.29, 0.717) is 36.3 Å². The molecule has 1 aliphatic rings. The normalized spacial score (nSPS) is 16.4. The number of likely N-dealkylation sites (tertiary alicyclic amines) is 1. The molecule has 1 aliphatic heterocycles. The smallest absolute Gasteiger partial charge is 0.327 e. The molecule has 2 aromatic rings. The molecule has 2 aromatic heterocycles. The van der Waals surface area contributed by atoms with Gasteiger partial charge in [-0.3, -0.25) is 4.57 Å². The van der Waals surface area contributed by atoms with Gasteiger partial charge in [-0.05, 0) is 58.5 Å². The Bertz CT molecular complexity index is 804. The molecule has 3 heterocycles. The van der Waals surface area contributed by atoms with E-state index in [9.17, 15) is 4.79 Å². The molecule has 0 amide bonds. The number of imidazole rings is 1. The van der Waals surface area contributed by atoms with Crippen LogP contribution in [-0.2, 0) is 6.54 Å². The lowest BCUT2D eigenvalue weighted by Gasteiger charge is -2.34. The second kappa shape index (κ2) is 8.73. The Labute approximate surface area is 160 Å². The van der Waals surface area contributed by atoms with Crippen molar-refractivity contribution < 1.29 is 4.74 Å². The zero-order valence-electron chi connectivity index (χ0n) is 16.7. The highest BCUT2D eigenvalue weighted by atomic mass is 16.5. The van der Waals surface area contributed by atoms with Gasteiger partial charge >= 0.3 is 11.7 Å². The predicted octanol–water partition coefficient (Wildman–Crippen LogP) is 2.39. The van der Waals surface area contributed by atoms with E-state index in [1.807, 2.05) is 0 Å². The number of nitrogen functional groups attached to an aromatic ring is 1. The van der Waals surface area contributed by atoms with Gasteiger partial charge in [0.05, 0.1) is 6.61 Å². The number of H-pyrrole nitrogens is 1. The summed E-state index contributed by atoms with van der Waals surface area (Å²) >= 11 is 0. The summed E-state index contributed by atoms with van der Waals surface area (Å²) in [5.74, 6) is 0.892. The van der Waals surface area contributed by atoms with Crippen LogP contribution in [0, 0.1) is 5.92 Å². The summed E-state index contributed by atoms with van der Waals surface area (Å²) in [7, 11) is 0. The number of nitrogens with one attached hydrogen (secondary N) is 1. The minimum atomic E-state index is -0.184. The zero-order valence-corrected chi connectivity index (χ0v) is 16.7. The van der Waals surface area contributed by atoms with Crippen LogP contribution in [0.3, 0.4) is 0 Å². The number of nitrogens with zero attached hydrogens (tertiary/aromatic N) is 4. The molecule has 0 atom stereocenters. The number of rotatable bonds is 8. The number of aromatic nitrogens is 4. The molecule has 0 unspecified atom stereocenters. The van der Waals surface area contributed by atoms with Gasteiger partial charge in [0, 0.05) is 12.6 Å². The highest BCUT2D eigenvalue weighted by molar-refractivity contribution is 5.81. The molecule has 0 aromatic carbocycles. The molecular formula is C19H32N6O2. The fourth-order valence-corrected chi connectivity index (χ4v) is 3.68. The van der Waals surface area contributed by atoms with Gasteiger partial charge in [-0.2, -0.15) is 9.97 Å². The monoisotopic (exact) mass is 376 g/mol. The molecule has 0 spiro atoms. The number of unbranched alkanes of at least 4 members (excludes halogenated alkanes) is 1. The van der Waals surface area contributed by atoms with Crippen molar-refractivity contribution in [1.29, 1.82) is 0 Å². The molecule has 0 radical (unpaired) electrons. The van der Waals surface area contributed by atoms with Crippen LogP contribution in [0.25, 0.3) is 11.2 Å². The van der Waals surface area contributed by atoms with Gasteiger partial charge in [0.1, 0.15) is 5.52 Å². The highest BCUT2D eigenvalue weighted by Gasteiger charge is 2.22. The molecule has 0 aliphatic carbocycles. The number of hydrogen-bond donors (Lipinski definition) is 2. The first-order chi connectivity index (χ1) is 13.0. The van der Waals surface area contributed by atoms with Crippen LogP contribution in [0.2, 0.25) is 0 Å². The summed E-state index contributed by atoms with van der Waals surface area (Å²) in [5.41, 5.74) is 6.86. The summed E-state index contributed by atoms with van der Waals surface area (Å²) in [5, 5.41) is 0. The SMILES string of the molecule is CCCCOc1nc(N)c2[nH]c(=O)n(CCC3CCN(C(C)C)CC3)c2n1. The molecule has 8 nitrogen and oxygen atoms in total. The zero-order chi connectivity index (χ0) is 19.4. The van der Waals surface area contributed by atoms with E-state index < -0.39 is 0 Å². The van der Waals surface area contributed by atoms with Crippen molar-refractivity contribution in [3.8, 4) is 6.01 Å². The average molecular weight is 377 g/mol. The first kappa shape index (κ1) is 19.7. The van der Waals surface area contributed by atoms with Gasteiger partial charge in [-0.25, -0.2) is 4.79 Å². The summed E-state index contributed by atoms with van der Waals surface area (Å²) in [6.45, 7) is 10.0. The van der Waals surface area contributed by atoms with Crippen molar-refractivity contribution in [2.24, 2.45) is 5.92 Å². The molecule has 3 rings (SSSR count). The first-order valence-corrected chi connectivity index (χ1v) is 10.1. The molecule has 1 fully saturated rings. The van der Waals surface area contributed by atoms with Crippen LogP contribution in [0.4, 0.5) is 5.82 Å². The highest BCUT2D eigenvalue weighted by Crippen LogP contribution is 2.24. The third-order valence-corrected chi connectivity index (χ3v) is 5.50. The number of anilines is 1. The third kappa shape index (κ3) is 4.61. The fraction of sp³-hybridized carbons (Fsp3) is 0.737. The molecule has 150 valence electrons. The van der Waals surface area contributed by atoms with Crippen LogP contribution in [-0.4, -0.2) is 50.2 Å². The van der Waals surface area contributed by atoms with Crippen molar-refractivity contribution >= 4 is 17.0 Å². The van der Waals surface area contributed by atoms with E-state index >= 15 is 0 Å². The van der Waals surface area contributed by atoms with E-state index in [4.69, 9.17) is 10.5 Å². The summed E-state index contributed by atoms with van der Waals surface area (Å²) < 4.78 is 7.27. The van der Waals surface area contributed by atoms with Gasteiger partial charge in [0.2, 0.25) is 0 Å². The van der Waals surface area contributed by atoms with Crippen molar-refractivity contribution in [2.45, 2.75) is 65.5 Å². The maximum Gasteiger partial charge on any atom is 0.327 e. The van der Waals surface area contributed by atoms with Crippen molar-refractivity contribution in [1.82, 2.24) is 24.4 Å². The van der Waals surface area contributed by atoms with Crippen molar-refractivity contribution in [3.05, 3.63) is 10.5 Å². The molecule has 8 heteroatoms. The fourth-order valence-electron chi connectivity index (χ4n) is 3.68. The Balaban J connectivity index is 1.70. The van der Waals surface area contributed by atoms with E-state index in [1.165, 1.54) is 12.8 Å². The minimum Gasteiger partial charge on any atom is -0.463 e. The number of aryl methyl sites for hydroxylation is 1. The largest absolute Gasteiger partial charge is 0.463 e. The van der Waals surface area contributed by atoms with Crippen LogP contribution in [0.15, 0.2) is 4.79 Å². The second-order valence-corrected chi connectivity index (χ2v) is 7.74. The second-order valence-electron chi connectivity index (χ2n) is 7.74. The van der Waals surface area contributed by atoms with Gasteiger partial charge in [-0.1, -0.05) is 13.3 Å². The minimum absolute atomic E-state index is 0.184. The van der Waals surface area contributed by atoms with E-state index in [0.717, 1.165) is 32.4 Å². The van der Waals surface area contributed by atoms with Crippen molar-refractivity contribution in [3.63, 3.8) is 0 Å². The summed E-state index contributed by atoms with van der Waals surface area (Å²) in [4.78, 5) is 26.3. The Morgan fingerprint density at radius 2 is 2.04 bits per heavy atom. The number of ether oxygens (including phenoxy) is 1. The van der Waals surface area contributed by atoms with Gasteiger partial charge in [-0.15, -0.1) is 0 Å². The standard InChI is InChI=1S/C19H32N6O2/c1-4-5-12-27-18-22-16(20)15-17(23-18)25(19(26)21-15)11-8-14-6-9-24(10-7-14)13(2)3/h13-14H,4-12H2,1-3H3,(H,21,26)(H2,20,22,23). The summed E-state index contributed by atoms with van der Waals surface area (Å²) in [6.07, 6.45) is 5.28. The number of nitrogens with two attached hydrogens (primary N) is 1. The predicted molar refractivity (Wildman–Crippen MR) is 107 cm³/mol. The summed E-state index contributed by atoms with van der Waals surface area (Å²) in [6, 6.07) is 0.847. The lowest BCUT2D eigenvalue weighted by Crippen LogP contribution is -2.38. The molecule has 0 bridgehead atoms. The number of aromatic amines is 1.